The Morgan fingerprint density at radius 3 is 2.65 bits per heavy atom. The van der Waals surface area contributed by atoms with Crippen LogP contribution < -0.4 is 0 Å². The van der Waals surface area contributed by atoms with Crippen LogP contribution in [0.3, 0.4) is 0 Å². The van der Waals surface area contributed by atoms with Crippen molar-refractivity contribution in [3.05, 3.63) is 35.6 Å². The maximum atomic E-state index is 13.0. The highest BCUT2D eigenvalue weighted by Gasteiger charge is 2.39. The van der Waals surface area contributed by atoms with Crippen molar-refractivity contribution in [3.8, 4) is 0 Å². The number of rotatable bonds is 5. The molecule has 0 saturated carbocycles. The summed E-state index contributed by atoms with van der Waals surface area (Å²) < 4.78 is 18.3. The van der Waals surface area contributed by atoms with Crippen molar-refractivity contribution < 1.29 is 19.0 Å². The van der Waals surface area contributed by atoms with Gasteiger partial charge in [-0.25, -0.2) is 4.39 Å². The Morgan fingerprint density at radius 1 is 1.45 bits per heavy atom. The van der Waals surface area contributed by atoms with E-state index in [1.54, 1.807) is 12.1 Å². The normalized spacial score (nSPS) is 24.0. The number of benzene rings is 1. The van der Waals surface area contributed by atoms with E-state index in [1.165, 1.54) is 12.1 Å². The minimum atomic E-state index is -0.822. The minimum Gasteiger partial charge on any atom is -0.481 e. The third-order valence-electron chi connectivity index (χ3n) is 4.01. The van der Waals surface area contributed by atoms with Gasteiger partial charge in [0.1, 0.15) is 5.82 Å². The second kappa shape index (κ2) is 6.33. The average Bonchev–Trinajstić information content (AvgIpc) is 2.89. The van der Waals surface area contributed by atoms with Crippen molar-refractivity contribution in [1.29, 1.82) is 0 Å². The van der Waals surface area contributed by atoms with Crippen LogP contribution in [0.4, 0.5) is 4.39 Å². The number of nitrogens with zero attached hydrogens (tertiary/aromatic N) is 1. The molecule has 4 nitrogen and oxygen atoms in total. The summed E-state index contributed by atoms with van der Waals surface area (Å²) in [6, 6.07) is 6.23. The van der Waals surface area contributed by atoms with Crippen LogP contribution in [0.5, 0.6) is 0 Å². The highest BCUT2D eigenvalue weighted by Crippen LogP contribution is 2.28. The Balaban J connectivity index is 2.18. The van der Waals surface area contributed by atoms with Crippen LogP contribution in [0.2, 0.25) is 0 Å². The molecule has 3 atom stereocenters. The number of halogens is 1. The third-order valence-corrected chi connectivity index (χ3v) is 4.01. The molecule has 1 fully saturated rings. The van der Waals surface area contributed by atoms with Gasteiger partial charge < -0.3 is 9.84 Å². The fourth-order valence-electron chi connectivity index (χ4n) is 2.83. The lowest BCUT2D eigenvalue weighted by molar-refractivity contribution is -0.143. The van der Waals surface area contributed by atoms with Crippen molar-refractivity contribution in [1.82, 2.24) is 4.90 Å². The molecule has 110 valence electrons. The molecule has 0 radical (unpaired) electrons. The first-order valence-corrected chi connectivity index (χ1v) is 6.86. The van der Waals surface area contributed by atoms with Crippen molar-refractivity contribution >= 4 is 5.97 Å². The number of carbonyl (C=O) groups is 1. The highest BCUT2D eigenvalue weighted by molar-refractivity contribution is 5.71. The quantitative estimate of drug-likeness (QED) is 0.900. The zero-order valence-corrected chi connectivity index (χ0v) is 11.8. The Morgan fingerprint density at radius 2 is 2.10 bits per heavy atom. The van der Waals surface area contributed by atoms with Gasteiger partial charge >= 0.3 is 5.97 Å². The standard InChI is InChI=1S/C15H20FNO3/c1-3-17(14-9-20-8-13(14)15(18)19)10(2)11-4-6-12(16)7-5-11/h4-7,10,13-14H,3,8-9H2,1-2H3,(H,18,19). The second-order valence-electron chi connectivity index (χ2n) is 5.11. The third kappa shape index (κ3) is 2.99. The number of hydrogen-bond donors (Lipinski definition) is 1. The van der Waals surface area contributed by atoms with Gasteiger partial charge in [0.15, 0.2) is 0 Å². The van der Waals surface area contributed by atoms with Crippen LogP contribution in [-0.2, 0) is 9.53 Å². The van der Waals surface area contributed by atoms with E-state index < -0.39 is 11.9 Å². The van der Waals surface area contributed by atoms with Gasteiger partial charge in [-0.3, -0.25) is 9.69 Å². The Hall–Kier alpha value is -1.46. The molecule has 3 unspecified atom stereocenters. The van der Waals surface area contributed by atoms with Crippen LogP contribution in [-0.4, -0.2) is 41.8 Å². The molecule has 0 spiro atoms. The van der Waals surface area contributed by atoms with Crippen LogP contribution in [0.25, 0.3) is 0 Å². The van der Waals surface area contributed by atoms with Crippen LogP contribution in [0.15, 0.2) is 24.3 Å². The molecule has 20 heavy (non-hydrogen) atoms. The van der Waals surface area contributed by atoms with E-state index >= 15 is 0 Å². The molecule has 0 amide bonds. The molecule has 1 aliphatic heterocycles. The van der Waals surface area contributed by atoms with Gasteiger partial charge in [0.25, 0.3) is 0 Å². The Bertz CT molecular complexity index is 463. The SMILES string of the molecule is CCN(C(C)c1ccc(F)cc1)C1COCC1C(=O)O. The summed E-state index contributed by atoms with van der Waals surface area (Å²) in [6.07, 6.45) is 0. The van der Waals surface area contributed by atoms with Gasteiger partial charge in [-0.05, 0) is 31.2 Å². The maximum Gasteiger partial charge on any atom is 0.310 e. The molecule has 1 heterocycles. The van der Waals surface area contributed by atoms with Gasteiger partial charge in [-0.2, -0.15) is 0 Å². The van der Waals surface area contributed by atoms with E-state index in [9.17, 15) is 14.3 Å². The predicted octanol–water partition coefficient (Wildman–Crippen LogP) is 2.31. The summed E-state index contributed by atoms with van der Waals surface area (Å²) in [5, 5.41) is 9.26. The van der Waals surface area contributed by atoms with Crippen molar-refractivity contribution in [2.45, 2.75) is 25.9 Å². The second-order valence-corrected chi connectivity index (χ2v) is 5.11. The molecular weight excluding hydrogens is 261 g/mol. The molecule has 1 aliphatic rings. The summed E-state index contributed by atoms with van der Waals surface area (Å²) >= 11 is 0. The molecule has 0 aromatic heterocycles. The number of hydrogen-bond acceptors (Lipinski definition) is 3. The summed E-state index contributed by atoms with van der Waals surface area (Å²) in [6.45, 7) is 5.41. The summed E-state index contributed by atoms with van der Waals surface area (Å²) in [7, 11) is 0. The van der Waals surface area contributed by atoms with E-state index in [1.807, 2.05) is 13.8 Å². The largest absolute Gasteiger partial charge is 0.481 e. The first-order valence-electron chi connectivity index (χ1n) is 6.86. The van der Waals surface area contributed by atoms with Crippen molar-refractivity contribution in [2.24, 2.45) is 5.92 Å². The molecule has 0 bridgehead atoms. The van der Waals surface area contributed by atoms with Crippen LogP contribution in [0, 0.1) is 11.7 Å². The number of carboxylic acid groups (broad SMARTS) is 1. The van der Waals surface area contributed by atoms with Gasteiger partial charge in [-0.15, -0.1) is 0 Å². The maximum absolute atomic E-state index is 13.0. The summed E-state index contributed by atoms with van der Waals surface area (Å²) in [4.78, 5) is 13.4. The Labute approximate surface area is 118 Å². The van der Waals surface area contributed by atoms with Crippen LogP contribution in [0.1, 0.15) is 25.5 Å². The topological polar surface area (TPSA) is 49.8 Å². The fraction of sp³-hybridized carbons (Fsp3) is 0.533. The average molecular weight is 281 g/mol. The fourth-order valence-corrected chi connectivity index (χ4v) is 2.83. The summed E-state index contributed by atoms with van der Waals surface area (Å²) in [5.74, 6) is -1.59. The van der Waals surface area contributed by atoms with E-state index in [4.69, 9.17) is 4.74 Å². The highest BCUT2D eigenvalue weighted by atomic mass is 19.1. The predicted molar refractivity (Wildman–Crippen MR) is 72.9 cm³/mol. The molecule has 0 aliphatic carbocycles. The number of aliphatic carboxylic acids is 1. The first-order chi connectivity index (χ1) is 9.54. The van der Waals surface area contributed by atoms with Gasteiger partial charge in [-0.1, -0.05) is 19.1 Å². The Kier molecular flexibility index (Phi) is 4.73. The molecule has 1 saturated heterocycles. The van der Waals surface area contributed by atoms with E-state index in [0.29, 0.717) is 6.61 Å². The molecule has 5 heteroatoms. The molecule has 1 aromatic carbocycles. The zero-order valence-electron chi connectivity index (χ0n) is 11.8. The lowest BCUT2D eigenvalue weighted by Gasteiger charge is -2.34. The number of ether oxygens (including phenoxy) is 1. The van der Waals surface area contributed by atoms with E-state index in [-0.39, 0.29) is 24.5 Å². The minimum absolute atomic E-state index is 0.0224. The monoisotopic (exact) mass is 281 g/mol. The molecular formula is C15H20FNO3. The van der Waals surface area contributed by atoms with Gasteiger partial charge in [0.05, 0.1) is 19.1 Å². The van der Waals surface area contributed by atoms with Crippen LogP contribution >= 0.6 is 0 Å². The van der Waals surface area contributed by atoms with Crippen molar-refractivity contribution in [2.75, 3.05) is 19.8 Å². The van der Waals surface area contributed by atoms with Gasteiger partial charge in [0, 0.05) is 12.1 Å². The van der Waals surface area contributed by atoms with Gasteiger partial charge in [0.2, 0.25) is 0 Å². The first kappa shape index (κ1) is 14.9. The summed E-state index contributed by atoms with van der Waals surface area (Å²) in [5.41, 5.74) is 0.976. The number of likely N-dealkylation sites (N-methyl/N-ethyl adjacent to an activating group) is 1. The molecule has 1 aromatic rings. The van der Waals surface area contributed by atoms with E-state index in [2.05, 4.69) is 4.90 Å². The lowest BCUT2D eigenvalue weighted by atomic mass is 9.98. The lowest BCUT2D eigenvalue weighted by Crippen LogP contribution is -2.44. The molecule has 1 N–H and O–H groups in total. The van der Waals surface area contributed by atoms with Crippen molar-refractivity contribution in [3.63, 3.8) is 0 Å². The number of carboxylic acids is 1. The van der Waals surface area contributed by atoms with E-state index in [0.717, 1.165) is 12.1 Å². The zero-order chi connectivity index (χ0) is 14.7. The molecule has 2 rings (SSSR count). The smallest absolute Gasteiger partial charge is 0.310 e.